The highest BCUT2D eigenvalue weighted by molar-refractivity contribution is 7.86. The molecule has 0 bridgehead atoms. The zero-order valence-corrected chi connectivity index (χ0v) is 13.9. The summed E-state index contributed by atoms with van der Waals surface area (Å²) in [4.78, 5) is 13.7. The van der Waals surface area contributed by atoms with Gasteiger partial charge < -0.3 is 10.0 Å². The summed E-state index contributed by atoms with van der Waals surface area (Å²) in [6, 6.07) is 0.0215. The van der Waals surface area contributed by atoms with Gasteiger partial charge in [0.2, 0.25) is 5.91 Å². The summed E-state index contributed by atoms with van der Waals surface area (Å²) >= 11 is 0. The maximum absolute atomic E-state index is 12.2. The van der Waals surface area contributed by atoms with Crippen LogP contribution in [0.3, 0.4) is 0 Å². The summed E-state index contributed by atoms with van der Waals surface area (Å²) < 4.78 is 27.2. The fourth-order valence-electron chi connectivity index (χ4n) is 3.79. The third kappa shape index (κ3) is 2.69. The van der Waals surface area contributed by atoms with Crippen LogP contribution in [0, 0.1) is 5.92 Å². The number of likely N-dealkylation sites (tertiary alicyclic amines) is 1. The minimum absolute atomic E-state index is 0.0215. The van der Waals surface area contributed by atoms with E-state index in [2.05, 4.69) is 0 Å². The van der Waals surface area contributed by atoms with Crippen molar-refractivity contribution in [1.29, 1.82) is 0 Å². The molecular formula is C13H25N3O4S. The third-order valence-electron chi connectivity index (χ3n) is 4.74. The lowest BCUT2D eigenvalue weighted by Gasteiger charge is -2.40. The van der Waals surface area contributed by atoms with Gasteiger partial charge in [0, 0.05) is 40.2 Å². The first kappa shape index (κ1) is 16.7. The maximum atomic E-state index is 12.2. The molecule has 0 unspecified atom stereocenters. The van der Waals surface area contributed by atoms with E-state index in [1.807, 2.05) is 6.92 Å². The molecule has 21 heavy (non-hydrogen) atoms. The fourth-order valence-corrected chi connectivity index (χ4v) is 4.96. The van der Waals surface area contributed by atoms with Crippen molar-refractivity contribution in [2.75, 3.05) is 33.8 Å². The molecule has 0 aromatic rings. The van der Waals surface area contributed by atoms with Crippen molar-refractivity contribution in [1.82, 2.24) is 13.5 Å². The smallest absolute Gasteiger partial charge is 0.281 e. The fraction of sp³-hybridized carbons (Fsp3) is 0.923. The average molecular weight is 319 g/mol. The average Bonchev–Trinajstić information content (AvgIpc) is 2.70. The van der Waals surface area contributed by atoms with Gasteiger partial charge in [0.25, 0.3) is 10.2 Å². The number of fused-ring (bicyclic) bond motifs is 1. The monoisotopic (exact) mass is 319 g/mol. The van der Waals surface area contributed by atoms with Gasteiger partial charge in [-0.15, -0.1) is 0 Å². The number of carbonyl (C=O) groups is 1. The van der Waals surface area contributed by atoms with Gasteiger partial charge >= 0.3 is 0 Å². The van der Waals surface area contributed by atoms with E-state index >= 15 is 0 Å². The number of hydrogen-bond donors (Lipinski definition) is 1. The van der Waals surface area contributed by atoms with Crippen LogP contribution in [0.5, 0.6) is 0 Å². The standard InChI is InChI=1S/C13H25N3O4S/c1-10(18)16-12-5-6-15(21(19,20)14(3)4)8-11(12)7-13(16,2)9-17/h11-12,17H,5-9H2,1-4H3/t11-,12-,13+/m0/s1. The van der Waals surface area contributed by atoms with Gasteiger partial charge in [0.1, 0.15) is 0 Å². The number of rotatable bonds is 3. The van der Waals surface area contributed by atoms with Crippen LogP contribution in [-0.4, -0.2) is 78.3 Å². The second kappa shape index (κ2) is 5.49. The summed E-state index contributed by atoms with van der Waals surface area (Å²) in [5.41, 5.74) is -0.584. The molecule has 3 atom stereocenters. The topological polar surface area (TPSA) is 81.2 Å². The summed E-state index contributed by atoms with van der Waals surface area (Å²) in [5, 5.41) is 9.67. The van der Waals surface area contributed by atoms with Crippen LogP contribution < -0.4 is 0 Å². The molecule has 0 aliphatic carbocycles. The summed E-state index contributed by atoms with van der Waals surface area (Å²) in [5.74, 6) is 0.0255. The second-order valence-corrected chi connectivity index (χ2v) is 8.65. The molecule has 1 N–H and O–H groups in total. The number of piperidine rings is 1. The van der Waals surface area contributed by atoms with E-state index in [0.29, 0.717) is 25.9 Å². The number of aliphatic hydroxyl groups is 1. The summed E-state index contributed by atoms with van der Waals surface area (Å²) in [6.45, 7) is 4.11. The van der Waals surface area contributed by atoms with E-state index in [1.54, 1.807) is 4.90 Å². The van der Waals surface area contributed by atoms with Gasteiger partial charge in [-0.1, -0.05) is 0 Å². The molecule has 2 aliphatic rings. The first-order valence-corrected chi connectivity index (χ1v) is 8.61. The lowest BCUT2D eigenvalue weighted by atomic mass is 9.90. The Hall–Kier alpha value is -0.700. The van der Waals surface area contributed by atoms with Crippen molar-refractivity contribution >= 4 is 16.1 Å². The lowest BCUT2D eigenvalue weighted by Crippen LogP contribution is -2.54. The Morgan fingerprint density at radius 2 is 2.05 bits per heavy atom. The van der Waals surface area contributed by atoms with Crippen molar-refractivity contribution in [3.63, 3.8) is 0 Å². The molecule has 7 nitrogen and oxygen atoms in total. The number of carbonyl (C=O) groups excluding carboxylic acids is 1. The zero-order valence-electron chi connectivity index (χ0n) is 13.1. The van der Waals surface area contributed by atoms with Crippen LogP contribution in [0.1, 0.15) is 26.7 Å². The van der Waals surface area contributed by atoms with Crippen molar-refractivity contribution in [2.24, 2.45) is 5.92 Å². The maximum Gasteiger partial charge on any atom is 0.281 e. The van der Waals surface area contributed by atoms with Gasteiger partial charge in [-0.3, -0.25) is 4.79 Å². The first-order chi connectivity index (χ1) is 9.63. The first-order valence-electron chi connectivity index (χ1n) is 7.22. The summed E-state index contributed by atoms with van der Waals surface area (Å²) in [6.07, 6.45) is 1.25. The van der Waals surface area contributed by atoms with Gasteiger partial charge in [-0.2, -0.15) is 17.0 Å². The van der Waals surface area contributed by atoms with Gasteiger partial charge in [0.05, 0.1) is 12.1 Å². The van der Waals surface area contributed by atoms with Crippen LogP contribution in [0.2, 0.25) is 0 Å². The SMILES string of the molecule is CC(=O)N1[C@H]2CCN(S(=O)(=O)N(C)C)C[C@@H]2C[C@]1(C)CO. The second-order valence-electron chi connectivity index (χ2n) is 6.51. The molecule has 0 spiro atoms. The van der Waals surface area contributed by atoms with Crippen LogP contribution in [0.15, 0.2) is 0 Å². The molecule has 2 fully saturated rings. The molecular weight excluding hydrogens is 294 g/mol. The Morgan fingerprint density at radius 3 is 2.52 bits per heavy atom. The van der Waals surface area contributed by atoms with E-state index in [4.69, 9.17) is 0 Å². The molecule has 0 saturated carbocycles. The highest BCUT2D eigenvalue weighted by Gasteiger charge is 2.52. The molecule has 2 rings (SSSR count). The van der Waals surface area contributed by atoms with Crippen molar-refractivity contribution < 1.29 is 18.3 Å². The minimum Gasteiger partial charge on any atom is -0.394 e. The van der Waals surface area contributed by atoms with Crippen LogP contribution in [-0.2, 0) is 15.0 Å². The van der Waals surface area contributed by atoms with Crippen molar-refractivity contribution in [3.8, 4) is 0 Å². The van der Waals surface area contributed by atoms with E-state index in [1.165, 1.54) is 29.6 Å². The van der Waals surface area contributed by atoms with Crippen LogP contribution in [0.4, 0.5) is 0 Å². The molecule has 0 aromatic carbocycles. The molecule has 122 valence electrons. The normalized spacial score (nSPS) is 34.3. The molecule has 1 amide bonds. The Kier molecular flexibility index (Phi) is 4.36. The molecule has 2 heterocycles. The molecule has 8 heteroatoms. The Bertz CT molecular complexity index is 522. The van der Waals surface area contributed by atoms with E-state index in [-0.39, 0.29) is 24.5 Å². The summed E-state index contributed by atoms with van der Waals surface area (Å²) in [7, 11) is -0.372. The van der Waals surface area contributed by atoms with Gasteiger partial charge in [-0.25, -0.2) is 0 Å². The van der Waals surface area contributed by atoms with Crippen LogP contribution >= 0.6 is 0 Å². The predicted molar refractivity (Wildman–Crippen MR) is 78.7 cm³/mol. The molecule has 2 aliphatic heterocycles. The number of aliphatic hydroxyl groups excluding tert-OH is 1. The van der Waals surface area contributed by atoms with Gasteiger partial charge in [-0.05, 0) is 25.7 Å². The zero-order chi connectivity index (χ0) is 16.0. The van der Waals surface area contributed by atoms with Crippen molar-refractivity contribution in [2.45, 2.75) is 38.3 Å². The number of nitrogens with zero attached hydrogens (tertiary/aromatic N) is 3. The van der Waals surface area contributed by atoms with E-state index in [9.17, 15) is 18.3 Å². The largest absolute Gasteiger partial charge is 0.394 e. The predicted octanol–water partition coefficient (Wildman–Crippen LogP) is -0.513. The Morgan fingerprint density at radius 1 is 1.43 bits per heavy atom. The van der Waals surface area contributed by atoms with Crippen LogP contribution in [0.25, 0.3) is 0 Å². The number of amides is 1. The quantitative estimate of drug-likeness (QED) is 0.759. The Balaban J connectivity index is 2.23. The molecule has 0 aromatic heterocycles. The highest BCUT2D eigenvalue weighted by atomic mass is 32.2. The lowest BCUT2D eigenvalue weighted by molar-refractivity contribution is -0.137. The highest BCUT2D eigenvalue weighted by Crippen LogP contribution is 2.42. The van der Waals surface area contributed by atoms with E-state index < -0.39 is 15.7 Å². The van der Waals surface area contributed by atoms with E-state index in [0.717, 1.165) is 0 Å². The Labute approximate surface area is 126 Å². The minimum atomic E-state index is -3.42. The number of hydrogen-bond acceptors (Lipinski definition) is 4. The third-order valence-corrected chi connectivity index (χ3v) is 6.65. The van der Waals surface area contributed by atoms with Gasteiger partial charge in [0.15, 0.2) is 0 Å². The molecule has 0 radical (unpaired) electrons. The molecule has 2 saturated heterocycles. The van der Waals surface area contributed by atoms with Crippen molar-refractivity contribution in [3.05, 3.63) is 0 Å².